The molecule has 0 spiro atoms. The molecule has 9 heteroatoms. The number of likely N-dealkylation sites (N-methyl/N-ethyl adjacent to an activating group) is 1. The van der Waals surface area contributed by atoms with E-state index in [-0.39, 0.29) is 12.5 Å². The minimum atomic E-state index is -4.62. The summed E-state index contributed by atoms with van der Waals surface area (Å²) in [5, 5.41) is 13.8. The van der Waals surface area contributed by atoms with Crippen LogP contribution in [0.4, 0.5) is 0 Å². The number of quaternary nitrogens is 1. The molecule has 8 nitrogen and oxygen atoms in total. The van der Waals surface area contributed by atoms with Crippen molar-refractivity contribution in [2.24, 2.45) is 0 Å². The molecule has 426 valence electrons. The Morgan fingerprint density at radius 2 is 0.827 bits per heavy atom. The molecule has 1 amide bonds. The third-order valence-corrected chi connectivity index (χ3v) is 13.2. The number of hydrogen-bond donors (Lipinski definition) is 2. The van der Waals surface area contributed by atoms with Gasteiger partial charge in [0.1, 0.15) is 13.2 Å². The van der Waals surface area contributed by atoms with Crippen molar-refractivity contribution < 1.29 is 32.9 Å². The molecule has 0 aliphatic carbocycles. The maximum Gasteiger partial charge on any atom is 0.268 e. The van der Waals surface area contributed by atoms with Gasteiger partial charge in [0.15, 0.2) is 0 Å². The maximum atomic E-state index is 13.0. The molecule has 0 aromatic heterocycles. The molecule has 0 saturated heterocycles. The van der Waals surface area contributed by atoms with Crippen molar-refractivity contribution >= 4 is 13.7 Å². The van der Waals surface area contributed by atoms with E-state index < -0.39 is 26.6 Å². The Labute approximate surface area is 461 Å². The molecule has 0 rings (SSSR count). The monoisotopic (exact) mass is 1060 g/mol. The van der Waals surface area contributed by atoms with Gasteiger partial charge in [0.05, 0.1) is 39.9 Å². The number of phosphoric ester groups is 1. The van der Waals surface area contributed by atoms with Crippen molar-refractivity contribution in [2.45, 2.75) is 225 Å². The van der Waals surface area contributed by atoms with E-state index in [0.29, 0.717) is 17.4 Å². The van der Waals surface area contributed by atoms with Crippen molar-refractivity contribution in [1.29, 1.82) is 0 Å². The van der Waals surface area contributed by atoms with Crippen LogP contribution in [0.15, 0.2) is 146 Å². The first-order chi connectivity index (χ1) is 36.5. The number of aliphatic hydroxyl groups is 1. The Morgan fingerprint density at radius 1 is 0.480 bits per heavy atom. The molecule has 3 unspecified atom stereocenters. The van der Waals surface area contributed by atoms with Gasteiger partial charge >= 0.3 is 0 Å². The van der Waals surface area contributed by atoms with Crippen molar-refractivity contribution in [3.63, 3.8) is 0 Å². The van der Waals surface area contributed by atoms with Crippen LogP contribution in [-0.2, 0) is 18.4 Å². The van der Waals surface area contributed by atoms with Crippen molar-refractivity contribution in [3.8, 4) is 0 Å². The van der Waals surface area contributed by atoms with Crippen molar-refractivity contribution in [1.82, 2.24) is 5.32 Å². The average Bonchev–Trinajstić information content (AvgIpc) is 3.37. The molecule has 0 aliphatic rings. The molecule has 2 N–H and O–H groups in total. The number of unbranched alkanes of at least 4 members (excludes halogenated alkanes) is 17. The molecular formula is C66H111N2O6P. The topological polar surface area (TPSA) is 108 Å². The molecule has 0 saturated carbocycles. The van der Waals surface area contributed by atoms with Gasteiger partial charge in [-0.25, -0.2) is 0 Å². The van der Waals surface area contributed by atoms with Gasteiger partial charge in [0, 0.05) is 6.42 Å². The minimum absolute atomic E-state index is 0.0193. The summed E-state index contributed by atoms with van der Waals surface area (Å²) in [5.74, 6) is -0.229. The van der Waals surface area contributed by atoms with Gasteiger partial charge in [-0.2, -0.15) is 0 Å². The fourth-order valence-corrected chi connectivity index (χ4v) is 8.37. The summed E-state index contributed by atoms with van der Waals surface area (Å²) < 4.78 is 23.3. The van der Waals surface area contributed by atoms with E-state index in [1.54, 1.807) is 6.08 Å². The van der Waals surface area contributed by atoms with Crippen molar-refractivity contribution in [2.75, 3.05) is 40.9 Å². The molecule has 3 atom stereocenters. The molecule has 0 aromatic carbocycles. The third-order valence-electron chi connectivity index (χ3n) is 12.3. The van der Waals surface area contributed by atoms with E-state index in [1.807, 2.05) is 27.2 Å². The number of allylic oxidation sites excluding steroid dienone is 23. The van der Waals surface area contributed by atoms with Gasteiger partial charge in [-0.05, 0) is 116 Å². The fourth-order valence-electron chi connectivity index (χ4n) is 7.65. The number of rotatable bonds is 52. The lowest BCUT2D eigenvalue weighted by atomic mass is 10.1. The van der Waals surface area contributed by atoms with Crippen LogP contribution >= 0.6 is 7.82 Å². The maximum absolute atomic E-state index is 13.0. The first kappa shape index (κ1) is 71.4. The Kier molecular flexibility index (Phi) is 52.5. The van der Waals surface area contributed by atoms with Crippen molar-refractivity contribution in [3.05, 3.63) is 146 Å². The Bertz CT molecular complexity index is 1720. The summed E-state index contributed by atoms with van der Waals surface area (Å²) >= 11 is 0. The van der Waals surface area contributed by atoms with Crippen LogP contribution in [0.1, 0.15) is 213 Å². The molecule has 0 aromatic rings. The summed E-state index contributed by atoms with van der Waals surface area (Å²) in [4.78, 5) is 25.5. The Hall–Kier alpha value is -3.62. The zero-order valence-electron chi connectivity index (χ0n) is 48.4. The highest BCUT2D eigenvalue weighted by atomic mass is 31.2. The van der Waals surface area contributed by atoms with Gasteiger partial charge in [0.25, 0.3) is 7.82 Å². The summed E-state index contributed by atoms with van der Waals surface area (Å²) in [6.45, 7) is 4.47. The van der Waals surface area contributed by atoms with Crippen LogP contribution in [-0.4, -0.2) is 68.5 Å². The van der Waals surface area contributed by atoms with E-state index in [4.69, 9.17) is 9.05 Å². The zero-order valence-corrected chi connectivity index (χ0v) is 49.3. The first-order valence-corrected chi connectivity index (χ1v) is 31.2. The number of hydrogen-bond acceptors (Lipinski definition) is 6. The number of carbonyl (C=O) groups is 1. The summed E-state index contributed by atoms with van der Waals surface area (Å²) in [7, 11) is 1.20. The highest BCUT2D eigenvalue weighted by Crippen LogP contribution is 2.38. The average molecular weight is 1060 g/mol. The molecule has 75 heavy (non-hydrogen) atoms. The Balaban J connectivity index is 4.28. The second-order valence-electron chi connectivity index (χ2n) is 20.6. The molecule has 0 radical (unpaired) electrons. The zero-order chi connectivity index (χ0) is 54.9. The predicted molar refractivity (Wildman–Crippen MR) is 325 cm³/mol. The number of phosphoric acid groups is 1. The number of nitrogens with zero attached hydrogens (tertiary/aromatic N) is 1. The SMILES string of the molecule is CC/C=C\C/C=C\C/C=C\C/C=C\C/C=C\C/C=C\C/C=C\C/C=C\C/C=C\CCCCCCCCCC(=O)NC(COP(=O)([O-])OCC[N+](C)(C)C)C(O)/C=C/CC/C=C/CC/C=C/CCCCCCCCCC. The van der Waals surface area contributed by atoms with E-state index >= 15 is 0 Å². The first-order valence-electron chi connectivity index (χ1n) is 29.7. The van der Waals surface area contributed by atoms with Crippen LogP contribution in [0.2, 0.25) is 0 Å². The minimum Gasteiger partial charge on any atom is -0.756 e. The van der Waals surface area contributed by atoms with E-state index in [1.165, 1.54) is 77.0 Å². The summed E-state index contributed by atoms with van der Waals surface area (Å²) in [5.41, 5.74) is 0. The van der Waals surface area contributed by atoms with Crippen LogP contribution in [0.25, 0.3) is 0 Å². The van der Waals surface area contributed by atoms with Gasteiger partial charge in [0.2, 0.25) is 5.91 Å². The van der Waals surface area contributed by atoms with Gasteiger partial charge in [-0.1, -0.05) is 237 Å². The molecule has 0 bridgehead atoms. The Morgan fingerprint density at radius 3 is 1.24 bits per heavy atom. The van der Waals surface area contributed by atoms with Crippen LogP contribution in [0.3, 0.4) is 0 Å². The number of amides is 1. The van der Waals surface area contributed by atoms with E-state index in [0.717, 1.165) is 116 Å². The lowest BCUT2D eigenvalue weighted by Gasteiger charge is -2.29. The number of nitrogens with one attached hydrogen (secondary N) is 1. The smallest absolute Gasteiger partial charge is 0.268 e. The van der Waals surface area contributed by atoms with Gasteiger partial charge in [-0.15, -0.1) is 0 Å². The third kappa shape index (κ3) is 57.9. The summed E-state index contributed by atoms with van der Waals surface area (Å²) in [6.07, 6.45) is 85.0. The molecule has 0 fully saturated rings. The lowest BCUT2D eigenvalue weighted by Crippen LogP contribution is -2.45. The van der Waals surface area contributed by atoms with Crippen LogP contribution in [0, 0.1) is 0 Å². The van der Waals surface area contributed by atoms with Crippen LogP contribution < -0.4 is 10.2 Å². The molecule has 0 heterocycles. The fraction of sp³-hybridized carbons (Fsp3) is 0.621. The predicted octanol–water partition coefficient (Wildman–Crippen LogP) is 17.8. The summed E-state index contributed by atoms with van der Waals surface area (Å²) in [6, 6.07) is -0.927. The van der Waals surface area contributed by atoms with Gasteiger partial charge in [-0.3, -0.25) is 9.36 Å². The highest BCUT2D eigenvalue weighted by molar-refractivity contribution is 7.45. The largest absolute Gasteiger partial charge is 0.756 e. The highest BCUT2D eigenvalue weighted by Gasteiger charge is 2.23. The number of aliphatic hydroxyl groups excluding tert-OH is 1. The van der Waals surface area contributed by atoms with Crippen LogP contribution in [0.5, 0.6) is 0 Å². The molecular weight excluding hydrogens is 948 g/mol. The second-order valence-corrected chi connectivity index (χ2v) is 22.0. The van der Waals surface area contributed by atoms with E-state index in [2.05, 4.69) is 153 Å². The molecule has 0 aliphatic heterocycles. The van der Waals surface area contributed by atoms with E-state index in [9.17, 15) is 19.4 Å². The number of carbonyl (C=O) groups excluding carboxylic acids is 1. The quantitative estimate of drug-likeness (QED) is 0.0272. The lowest BCUT2D eigenvalue weighted by molar-refractivity contribution is -0.870. The normalized spacial score (nSPS) is 14.9. The standard InChI is InChI=1S/C66H111N2O6P/c1-6-8-10-12-14-16-18-20-22-24-26-27-28-29-30-31-32-33-34-35-36-37-38-39-40-41-42-44-46-48-50-52-54-56-58-60-66(70)67-64(63-74-75(71,72)73-62-61-68(3,4)5)65(69)59-57-55-53-51-49-47-45-43-25-23-21-19-17-15-13-11-9-7-2/h8,10,14,16,20,22,25-27,29-30,32-33,35-36,38-39,41-43,49,51,57,59,64-65,69H,6-7,9,11-13,15,17-19,21,23-24,28,31,34,37,40,44-48,50,52-56,58,60-63H2,1-5H3,(H-,67,70,71,72)/b10-8-,16-14-,22-20-,27-26-,30-29-,33-32-,36-35-,39-38-,42-41-,43-25+,51-49+,59-57+. The van der Waals surface area contributed by atoms with Gasteiger partial charge < -0.3 is 28.8 Å². The second kappa shape index (κ2) is 55.1.